The van der Waals surface area contributed by atoms with E-state index in [4.69, 9.17) is 0 Å². The fourth-order valence-corrected chi connectivity index (χ4v) is 3.19. The Kier molecular flexibility index (Phi) is 4.40. The standard InChI is InChI=1S/C20H21FN6/c1-3-9-22-17-6-5-14(12-27(17)2)15-10-23-18-16(15)11-24-19(26-18)25-13-20(21)7-4-8-20/h5-6,10-12H,4,7-8,13H2,1-2H3,(H2,23,24,25,26)/b22-17-. The molecule has 4 rings (SSSR count). The van der Waals surface area contributed by atoms with Crippen molar-refractivity contribution in [1.29, 1.82) is 0 Å². The minimum absolute atomic E-state index is 0.257. The van der Waals surface area contributed by atoms with Crippen LogP contribution >= 0.6 is 0 Å². The van der Waals surface area contributed by atoms with E-state index in [-0.39, 0.29) is 6.54 Å². The zero-order valence-corrected chi connectivity index (χ0v) is 15.4. The third kappa shape index (κ3) is 3.43. The van der Waals surface area contributed by atoms with Crippen LogP contribution < -0.4 is 10.8 Å². The van der Waals surface area contributed by atoms with Crippen molar-refractivity contribution < 1.29 is 4.39 Å². The summed E-state index contributed by atoms with van der Waals surface area (Å²) in [5.41, 5.74) is 2.42. The molecule has 6 nitrogen and oxygen atoms in total. The summed E-state index contributed by atoms with van der Waals surface area (Å²) in [6, 6.07) is 6.64. The minimum Gasteiger partial charge on any atom is -0.351 e. The highest BCUT2D eigenvalue weighted by Crippen LogP contribution is 2.35. The largest absolute Gasteiger partial charge is 0.351 e. The van der Waals surface area contributed by atoms with Crippen molar-refractivity contribution in [2.75, 3.05) is 11.9 Å². The Bertz CT molecular complexity index is 1110. The van der Waals surface area contributed by atoms with Crippen molar-refractivity contribution in [3.05, 3.63) is 36.2 Å². The summed E-state index contributed by atoms with van der Waals surface area (Å²) >= 11 is 0. The van der Waals surface area contributed by atoms with Crippen LogP contribution in [0.3, 0.4) is 0 Å². The van der Waals surface area contributed by atoms with Gasteiger partial charge in [-0.1, -0.05) is 5.92 Å². The van der Waals surface area contributed by atoms with Crippen LogP contribution in [-0.4, -0.2) is 31.7 Å². The summed E-state index contributed by atoms with van der Waals surface area (Å²) in [6.45, 7) is 2.01. The van der Waals surface area contributed by atoms with Crippen molar-refractivity contribution in [2.45, 2.75) is 31.9 Å². The first-order valence-electron chi connectivity index (χ1n) is 8.97. The average Bonchev–Trinajstić information content (AvgIpc) is 3.07. The smallest absolute Gasteiger partial charge is 0.224 e. The first-order chi connectivity index (χ1) is 13.1. The molecule has 1 aliphatic carbocycles. The summed E-state index contributed by atoms with van der Waals surface area (Å²) in [6.07, 6.45) is 7.84. The quantitative estimate of drug-likeness (QED) is 0.699. The number of aromatic nitrogens is 4. The molecule has 3 aromatic heterocycles. The van der Waals surface area contributed by atoms with Crippen LogP contribution in [0, 0.1) is 12.0 Å². The molecule has 3 aromatic rings. The van der Waals surface area contributed by atoms with Crippen molar-refractivity contribution in [2.24, 2.45) is 12.0 Å². The SMILES string of the molecule is CC#C/N=c1/ccc(-c2c[nH]c3nc(NCC4(F)CCC4)ncc23)cn1C. The van der Waals surface area contributed by atoms with E-state index in [0.717, 1.165) is 34.1 Å². The monoisotopic (exact) mass is 364 g/mol. The van der Waals surface area contributed by atoms with Gasteiger partial charge in [0.1, 0.15) is 16.8 Å². The molecule has 0 aromatic carbocycles. The molecular formula is C20H21FN6. The van der Waals surface area contributed by atoms with Gasteiger partial charge in [-0.05, 0) is 38.3 Å². The first-order valence-corrected chi connectivity index (χ1v) is 8.97. The van der Waals surface area contributed by atoms with Gasteiger partial charge in [-0.25, -0.2) is 9.37 Å². The van der Waals surface area contributed by atoms with Crippen molar-refractivity contribution >= 4 is 17.0 Å². The molecular weight excluding hydrogens is 343 g/mol. The van der Waals surface area contributed by atoms with E-state index >= 15 is 0 Å². The Balaban J connectivity index is 1.61. The molecule has 3 heterocycles. The summed E-state index contributed by atoms with van der Waals surface area (Å²) in [5.74, 6) is 3.20. The molecule has 138 valence electrons. The number of aryl methyl sites for hydroxylation is 1. The highest BCUT2D eigenvalue weighted by molar-refractivity contribution is 5.93. The number of nitrogens with zero attached hydrogens (tertiary/aromatic N) is 4. The zero-order valence-electron chi connectivity index (χ0n) is 15.4. The molecule has 0 saturated heterocycles. The van der Waals surface area contributed by atoms with Gasteiger partial charge in [-0.2, -0.15) is 9.98 Å². The van der Waals surface area contributed by atoms with Crippen LogP contribution in [-0.2, 0) is 7.05 Å². The average molecular weight is 364 g/mol. The van der Waals surface area contributed by atoms with E-state index in [1.165, 1.54) is 0 Å². The number of anilines is 1. The number of pyridine rings is 1. The number of halogens is 1. The second-order valence-corrected chi connectivity index (χ2v) is 6.88. The minimum atomic E-state index is -1.11. The number of hydrogen-bond acceptors (Lipinski definition) is 4. The van der Waals surface area contributed by atoms with E-state index < -0.39 is 5.67 Å². The topological polar surface area (TPSA) is 70.9 Å². The van der Waals surface area contributed by atoms with Crippen LogP contribution in [0.25, 0.3) is 22.2 Å². The molecule has 0 atom stereocenters. The molecule has 0 radical (unpaired) electrons. The maximum Gasteiger partial charge on any atom is 0.224 e. The van der Waals surface area contributed by atoms with E-state index in [9.17, 15) is 4.39 Å². The third-order valence-corrected chi connectivity index (χ3v) is 4.94. The molecule has 0 amide bonds. The number of alkyl halides is 1. The Morgan fingerprint density at radius 3 is 2.96 bits per heavy atom. The van der Waals surface area contributed by atoms with Gasteiger partial charge >= 0.3 is 0 Å². The Morgan fingerprint density at radius 1 is 1.41 bits per heavy atom. The lowest BCUT2D eigenvalue weighted by Gasteiger charge is -2.33. The third-order valence-electron chi connectivity index (χ3n) is 4.94. The second-order valence-electron chi connectivity index (χ2n) is 6.88. The van der Waals surface area contributed by atoms with Crippen LogP contribution in [0.1, 0.15) is 26.2 Å². The Morgan fingerprint density at radius 2 is 2.26 bits per heavy atom. The van der Waals surface area contributed by atoms with Crippen molar-refractivity contribution in [3.8, 4) is 23.1 Å². The number of hydrogen-bond donors (Lipinski definition) is 2. The number of H-pyrrole nitrogens is 1. The number of nitrogens with one attached hydrogen (secondary N) is 2. The fourth-order valence-electron chi connectivity index (χ4n) is 3.19. The van der Waals surface area contributed by atoms with Gasteiger partial charge in [0.25, 0.3) is 0 Å². The normalized spacial score (nSPS) is 15.9. The Labute approximate surface area is 156 Å². The maximum absolute atomic E-state index is 14.1. The molecule has 1 aliphatic rings. The summed E-state index contributed by atoms with van der Waals surface area (Å²) < 4.78 is 16.1. The summed E-state index contributed by atoms with van der Waals surface area (Å²) in [5, 5.41) is 3.93. The lowest BCUT2D eigenvalue weighted by atomic mass is 9.82. The lowest BCUT2D eigenvalue weighted by molar-refractivity contribution is 0.0782. The van der Waals surface area contributed by atoms with E-state index in [1.807, 2.05) is 36.1 Å². The summed E-state index contributed by atoms with van der Waals surface area (Å²) in [4.78, 5) is 16.2. The van der Waals surface area contributed by atoms with Gasteiger partial charge in [0.2, 0.25) is 5.95 Å². The van der Waals surface area contributed by atoms with Gasteiger partial charge in [-0.15, -0.1) is 0 Å². The van der Waals surface area contributed by atoms with Gasteiger partial charge in [0.15, 0.2) is 0 Å². The molecule has 2 N–H and O–H groups in total. The van der Waals surface area contributed by atoms with Crippen LogP contribution in [0.5, 0.6) is 0 Å². The molecule has 1 saturated carbocycles. The van der Waals surface area contributed by atoms with Gasteiger partial charge in [0, 0.05) is 48.2 Å². The maximum atomic E-state index is 14.1. The molecule has 27 heavy (non-hydrogen) atoms. The van der Waals surface area contributed by atoms with E-state index in [1.54, 1.807) is 13.1 Å². The Hall–Kier alpha value is -3.14. The predicted molar refractivity (Wildman–Crippen MR) is 103 cm³/mol. The van der Waals surface area contributed by atoms with Gasteiger partial charge < -0.3 is 14.9 Å². The molecule has 0 bridgehead atoms. The van der Waals surface area contributed by atoms with Crippen LogP contribution in [0.2, 0.25) is 0 Å². The molecule has 0 aliphatic heterocycles. The van der Waals surface area contributed by atoms with Crippen LogP contribution in [0.4, 0.5) is 10.3 Å². The molecule has 0 unspecified atom stereocenters. The molecule has 1 fully saturated rings. The van der Waals surface area contributed by atoms with Gasteiger partial charge in [-0.3, -0.25) is 0 Å². The highest BCUT2D eigenvalue weighted by atomic mass is 19.1. The lowest BCUT2D eigenvalue weighted by Crippen LogP contribution is -2.39. The highest BCUT2D eigenvalue weighted by Gasteiger charge is 2.36. The molecule has 7 heteroatoms. The number of rotatable bonds is 4. The summed E-state index contributed by atoms with van der Waals surface area (Å²) in [7, 11) is 1.93. The van der Waals surface area contributed by atoms with Gasteiger partial charge in [0.05, 0.1) is 6.54 Å². The van der Waals surface area contributed by atoms with E-state index in [0.29, 0.717) is 18.8 Å². The number of fused-ring (bicyclic) bond motifs is 1. The predicted octanol–water partition coefficient (Wildman–Crippen LogP) is 3.15. The first kappa shape index (κ1) is 17.3. The second kappa shape index (κ2) is 6.88. The van der Waals surface area contributed by atoms with Crippen LogP contribution in [0.15, 0.2) is 35.7 Å². The fraction of sp³-hybridized carbons (Fsp3) is 0.350. The molecule has 0 spiro atoms. The van der Waals surface area contributed by atoms with E-state index in [2.05, 4.69) is 37.2 Å². The number of aromatic amines is 1. The zero-order chi connectivity index (χ0) is 18.9. The van der Waals surface area contributed by atoms with Crippen molar-refractivity contribution in [1.82, 2.24) is 19.5 Å². The van der Waals surface area contributed by atoms with Crippen molar-refractivity contribution in [3.63, 3.8) is 0 Å².